The molecule has 0 bridgehead atoms. The average Bonchev–Trinajstić information content (AvgIpc) is 2.91. The van der Waals surface area contributed by atoms with Crippen LogP contribution in [0.4, 0.5) is 0 Å². The Hall–Kier alpha value is -0.710. The van der Waals surface area contributed by atoms with Gasteiger partial charge in [0.2, 0.25) is 5.16 Å². The Balaban J connectivity index is 2.25. The van der Waals surface area contributed by atoms with E-state index in [1.54, 1.807) is 18.7 Å². The third-order valence-electron chi connectivity index (χ3n) is 2.75. The fraction of sp³-hybridized carbons (Fsp3) is 0.909. The maximum absolute atomic E-state index is 11.4. The van der Waals surface area contributed by atoms with E-state index in [2.05, 4.69) is 20.8 Å². The molecule has 1 aromatic rings. The van der Waals surface area contributed by atoms with E-state index in [9.17, 15) is 8.42 Å². The molecule has 0 aromatic carbocycles. The SMILES string of the molecule is CCS(=O)(=O)CCCSc1nnnn1CCNCCOC. The molecule has 0 spiro atoms. The third-order valence-corrected chi connectivity index (χ3v) is 5.59. The van der Waals surface area contributed by atoms with Crippen molar-refractivity contribution in [2.75, 3.05) is 44.1 Å². The number of aromatic nitrogens is 4. The van der Waals surface area contributed by atoms with Gasteiger partial charge in [-0.05, 0) is 16.8 Å². The minimum atomic E-state index is -2.89. The first-order valence-corrected chi connectivity index (χ1v) is 9.69. The van der Waals surface area contributed by atoms with Crippen LogP contribution in [0.5, 0.6) is 0 Å². The number of rotatable bonds is 12. The van der Waals surface area contributed by atoms with Crippen LogP contribution in [0.3, 0.4) is 0 Å². The highest BCUT2D eigenvalue weighted by atomic mass is 32.2. The number of hydrogen-bond donors (Lipinski definition) is 1. The van der Waals surface area contributed by atoms with Crippen LogP contribution in [0.1, 0.15) is 13.3 Å². The first kappa shape index (κ1) is 18.3. The van der Waals surface area contributed by atoms with E-state index in [1.807, 2.05) is 0 Å². The number of nitrogens with zero attached hydrogens (tertiary/aromatic N) is 4. The van der Waals surface area contributed by atoms with Crippen LogP contribution in [0, 0.1) is 0 Å². The Morgan fingerprint density at radius 3 is 2.90 bits per heavy atom. The largest absolute Gasteiger partial charge is 0.383 e. The number of sulfone groups is 1. The van der Waals surface area contributed by atoms with Crippen LogP contribution >= 0.6 is 11.8 Å². The van der Waals surface area contributed by atoms with Gasteiger partial charge in [0.15, 0.2) is 0 Å². The normalized spacial score (nSPS) is 11.9. The predicted octanol–water partition coefficient (Wildman–Crippen LogP) is -0.174. The highest BCUT2D eigenvalue weighted by Crippen LogP contribution is 2.14. The summed E-state index contributed by atoms with van der Waals surface area (Å²) in [5.74, 6) is 1.11. The van der Waals surface area contributed by atoms with Gasteiger partial charge < -0.3 is 10.1 Å². The summed E-state index contributed by atoms with van der Waals surface area (Å²) in [6, 6.07) is 0. The summed E-state index contributed by atoms with van der Waals surface area (Å²) in [7, 11) is -1.22. The lowest BCUT2D eigenvalue weighted by molar-refractivity contribution is 0.199. The number of nitrogens with one attached hydrogen (secondary N) is 1. The summed E-state index contributed by atoms with van der Waals surface area (Å²) in [6.45, 7) is 4.55. The Morgan fingerprint density at radius 1 is 1.38 bits per heavy atom. The van der Waals surface area contributed by atoms with Crippen LogP contribution in [0.2, 0.25) is 0 Å². The fourth-order valence-corrected chi connectivity index (χ4v) is 3.41. The number of thioether (sulfide) groups is 1. The lowest BCUT2D eigenvalue weighted by Crippen LogP contribution is -2.24. The van der Waals surface area contributed by atoms with Crippen LogP contribution in [-0.4, -0.2) is 72.7 Å². The first-order valence-electron chi connectivity index (χ1n) is 6.88. The molecule has 0 fully saturated rings. The molecule has 1 N–H and O–H groups in total. The Labute approximate surface area is 129 Å². The van der Waals surface area contributed by atoms with Crippen molar-refractivity contribution in [2.45, 2.75) is 25.0 Å². The van der Waals surface area contributed by atoms with Crippen LogP contribution in [0.15, 0.2) is 5.16 Å². The summed E-state index contributed by atoms with van der Waals surface area (Å²) in [5, 5.41) is 15.5. The Bertz CT molecular complexity index is 492. The molecule has 1 heterocycles. The Kier molecular flexibility index (Phi) is 8.81. The lowest BCUT2D eigenvalue weighted by Gasteiger charge is -2.06. The molecular weight excluding hydrogens is 314 g/mol. The molecule has 0 unspecified atom stereocenters. The van der Waals surface area contributed by atoms with Gasteiger partial charge in [0.05, 0.1) is 18.9 Å². The first-order chi connectivity index (χ1) is 10.1. The number of hydrogen-bond acceptors (Lipinski definition) is 8. The molecule has 0 aliphatic carbocycles. The van der Waals surface area contributed by atoms with E-state index in [1.165, 1.54) is 11.8 Å². The maximum atomic E-state index is 11.4. The molecule has 0 amide bonds. The van der Waals surface area contributed by atoms with Gasteiger partial charge in [-0.15, -0.1) is 5.10 Å². The minimum absolute atomic E-state index is 0.197. The highest BCUT2D eigenvalue weighted by Gasteiger charge is 2.09. The predicted molar refractivity (Wildman–Crippen MR) is 82.2 cm³/mol. The molecule has 10 heteroatoms. The molecule has 0 radical (unpaired) electrons. The van der Waals surface area contributed by atoms with Gasteiger partial charge in [-0.3, -0.25) is 0 Å². The minimum Gasteiger partial charge on any atom is -0.383 e. The lowest BCUT2D eigenvalue weighted by atomic mass is 10.6. The third kappa shape index (κ3) is 7.74. The zero-order valence-electron chi connectivity index (χ0n) is 12.5. The van der Waals surface area contributed by atoms with E-state index in [0.29, 0.717) is 25.3 Å². The van der Waals surface area contributed by atoms with Crippen molar-refractivity contribution in [3.63, 3.8) is 0 Å². The highest BCUT2D eigenvalue weighted by molar-refractivity contribution is 7.99. The molecule has 8 nitrogen and oxygen atoms in total. The van der Waals surface area contributed by atoms with Gasteiger partial charge in [0, 0.05) is 31.7 Å². The van der Waals surface area contributed by atoms with Gasteiger partial charge >= 0.3 is 0 Å². The molecular formula is C11H23N5O3S2. The van der Waals surface area contributed by atoms with Crippen molar-refractivity contribution in [2.24, 2.45) is 0 Å². The summed E-state index contributed by atoms with van der Waals surface area (Å²) >= 11 is 1.48. The van der Waals surface area contributed by atoms with Gasteiger partial charge in [-0.25, -0.2) is 13.1 Å². The van der Waals surface area contributed by atoms with Crippen molar-refractivity contribution in [1.82, 2.24) is 25.5 Å². The topological polar surface area (TPSA) is 99.0 Å². The second kappa shape index (κ2) is 10.1. The standard InChI is InChI=1S/C11H23N5O3S2/c1-3-21(17,18)10-4-9-20-11-13-14-15-16(11)7-5-12-6-8-19-2/h12H,3-10H2,1-2H3. The van der Waals surface area contributed by atoms with E-state index in [-0.39, 0.29) is 11.5 Å². The van der Waals surface area contributed by atoms with Crippen molar-refractivity contribution in [1.29, 1.82) is 0 Å². The van der Waals surface area contributed by atoms with Crippen molar-refractivity contribution in [3.8, 4) is 0 Å². The zero-order valence-corrected chi connectivity index (χ0v) is 14.1. The smallest absolute Gasteiger partial charge is 0.209 e. The van der Waals surface area contributed by atoms with E-state index in [4.69, 9.17) is 4.74 Å². The molecule has 0 aliphatic heterocycles. The van der Waals surface area contributed by atoms with Crippen LogP contribution in [0.25, 0.3) is 0 Å². The second-order valence-electron chi connectivity index (χ2n) is 4.37. The monoisotopic (exact) mass is 337 g/mol. The molecule has 1 rings (SSSR count). The van der Waals surface area contributed by atoms with Crippen molar-refractivity contribution in [3.05, 3.63) is 0 Å². The number of methoxy groups -OCH3 is 1. The quantitative estimate of drug-likeness (QED) is 0.414. The van der Waals surface area contributed by atoms with Gasteiger partial charge in [0.1, 0.15) is 9.84 Å². The summed E-state index contributed by atoms with van der Waals surface area (Å²) in [5.41, 5.74) is 0. The Morgan fingerprint density at radius 2 is 2.19 bits per heavy atom. The summed E-state index contributed by atoms with van der Waals surface area (Å²) < 4.78 is 29.4. The van der Waals surface area contributed by atoms with E-state index in [0.717, 1.165) is 18.2 Å². The van der Waals surface area contributed by atoms with E-state index < -0.39 is 9.84 Å². The molecule has 0 saturated heterocycles. The molecule has 1 aromatic heterocycles. The summed E-state index contributed by atoms with van der Waals surface area (Å²) in [4.78, 5) is 0. The molecule has 122 valence electrons. The number of tetrazole rings is 1. The second-order valence-corrected chi connectivity index (χ2v) is 7.90. The van der Waals surface area contributed by atoms with Crippen LogP contribution < -0.4 is 5.32 Å². The fourth-order valence-electron chi connectivity index (χ4n) is 1.51. The molecule has 0 atom stereocenters. The summed E-state index contributed by atoms with van der Waals surface area (Å²) in [6.07, 6.45) is 0.611. The number of ether oxygens (including phenoxy) is 1. The van der Waals surface area contributed by atoms with Gasteiger partial charge in [-0.2, -0.15) is 0 Å². The maximum Gasteiger partial charge on any atom is 0.209 e. The zero-order chi connectivity index (χ0) is 15.6. The van der Waals surface area contributed by atoms with Gasteiger partial charge in [-0.1, -0.05) is 18.7 Å². The van der Waals surface area contributed by atoms with Crippen molar-refractivity contribution < 1.29 is 13.2 Å². The molecule has 0 saturated carbocycles. The van der Waals surface area contributed by atoms with E-state index >= 15 is 0 Å². The van der Waals surface area contributed by atoms with Crippen LogP contribution in [-0.2, 0) is 21.1 Å². The molecule has 21 heavy (non-hydrogen) atoms. The average molecular weight is 337 g/mol. The van der Waals surface area contributed by atoms with Crippen molar-refractivity contribution >= 4 is 21.6 Å². The molecule has 0 aliphatic rings. The van der Waals surface area contributed by atoms with Gasteiger partial charge in [0.25, 0.3) is 0 Å².